The molecule has 0 spiro atoms. The van der Waals surface area contributed by atoms with Gasteiger partial charge in [0, 0.05) is 5.02 Å². The van der Waals surface area contributed by atoms with Gasteiger partial charge in [0.25, 0.3) is 0 Å². The SMILES string of the molecule is CCOS(=O)(=O)Oc1ccc(Cl)cc1. The molecule has 0 bridgehead atoms. The Hall–Kier alpha value is -0.780. The molecule has 0 heterocycles. The molecule has 0 amide bonds. The van der Waals surface area contributed by atoms with Crippen molar-refractivity contribution in [2.24, 2.45) is 0 Å². The van der Waals surface area contributed by atoms with Crippen molar-refractivity contribution >= 4 is 22.0 Å². The summed E-state index contributed by atoms with van der Waals surface area (Å²) in [6.45, 7) is 1.60. The molecule has 0 unspecified atom stereocenters. The van der Waals surface area contributed by atoms with Crippen molar-refractivity contribution in [1.29, 1.82) is 0 Å². The first-order valence-electron chi connectivity index (χ1n) is 3.88. The lowest BCUT2D eigenvalue weighted by atomic mass is 10.3. The first-order valence-corrected chi connectivity index (χ1v) is 5.59. The Morgan fingerprint density at radius 1 is 1.29 bits per heavy atom. The Kier molecular flexibility index (Phi) is 3.74. The van der Waals surface area contributed by atoms with Gasteiger partial charge in [-0.25, -0.2) is 4.18 Å². The van der Waals surface area contributed by atoms with Crippen LogP contribution in [0.1, 0.15) is 6.92 Å². The van der Waals surface area contributed by atoms with E-state index in [2.05, 4.69) is 8.37 Å². The molecular formula is C8H9ClO4S. The van der Waals surface area contributed by atoms with Gasteiger partial charge >= 0.3 is 10.4 Å². The predicted molar refractivity (Wildman–Crippen MR) is 52.6 cm³/mol. The molecule has 0 aliphatic heterocycles. The Morgan fingerprint density at radius 2 is 1.86 bits per heavy atom. The average molecular weight is 237 g/mol. The first kappa shape index (κ1) is 11.3. The predicted octanol–water partition coefficient (Wildman–Crippen LogP) is 2.00. The Labute approximate surface area is 87.7 Å². The summed E-state index contributed by atoms with van der Waals surface area (Å²) < 4.78 is 31.0. The van der Waals surface area contributed by atoms with E-state index in [4.69, 9.17) is 11.6 Å². The van der Waals surface area contributed by atoms with E-state index in [9.17, 15) is 8.42 Å². The molecule has 78 valence electrons. The molecular weight excluding hydrogens is 228 g/mol. The monoisotopic (exact) mass is 236 g/mol. The van der Waals surface area contributed by atoms with Gasteiger partial charge in [0.2, 0.25) is 0 Å². The van der Waals surface area contributed by atoms with Crippen LogP contribution in [0.4, 0.5) is 0 Å². The molecule has 0 saturated carbocycles. The van der Waals surface area contributed by atoms with Gasteiger partial charge < -0.3 is 4.18 Å². The maximum atomic E-state index is 11.0. The van der Waals surface area contributed by atoms with Crippen LogP contribution in [0, 0.1) is 0 Å². The first-order chi connectivity index (χ1) is 6.53. The van der Waals surface area contributed by atoms with Crippen LogP contribution in [0.3, 0.4) is 0 Å². The van der Waals surface area contributed by atoms with E-state index in [1.807, 2.05) is 0 Å². The van der Waals surface area contributed by atoms with Gasteiger partial charge in [-0.05, 0) is 31.2 Å². The van der Waals surface area contributed by atoms with Crippen LogP contribution in [-0.2, 0) is 14.6 Å². The van der Waals surface area contributed by atoms with Gasteiger partial charge in [-0.1, -0.05) is 11.6 Å². The number of benzene rings is 1. The zero-order chi connectivity index (χ0) is 10.6. The maximum absolute atomic E-state index is 11.0. The normalized spacial score (nSPS) is 11.3. The van der Waals surface area contributed by atoms with E-state index in [0.717, 1.165) is 0 Å². The lowest BCUT2D eigenvalue weighted by Gasteiger charge is -2.04. The van der Waals surface area contributed by atoms with Crippen LogP contribution in [-0.4, -0.2) is 15.0 Å². The highest BCUT2D eigenvalue weighted by molar-refractivity contribution is 7.82. The Morgan fingerprint density at radius 3 is 2.36 bits per heavy atom. The molecule has 1 aromatic rings. The van der Waals surface area contributed by atoms with Crippen molar-refractivity contribution in [3.63, 3.8) is 0 Å². The second-order valence-corrected chi connectivity index (χ2v) is 4.01. The highest BCUT2D eigenvalue weighted by Gasteiger charge is 2.11. The number of halogens is 1. The third-order valence-electron chi connectivity index (χ3n) is 1.27. The smallest absolute Gasteiger partial charge is 0.362 e. The van der Waals surface area contributed by atoms with E-state index < -0.39 is 10.4 Å². The molecule has 0 radical (unpaired) electrons. The molecule has 6 heteroatoms. The van der Waals surface area contributed by atoms with E-state index in [1.54, 1.807) is 6.92 Å². The maximum Gasteiger partial charge on any atom is 0.449 e. The minimum absolute atomic E-state index is 0.0376. The minimum atomic E-state index is -3.94. The molecule has 1 aromatic carbocycles. The van der Waals surface area contributed by atoms with Gasteiger partial charge in [-0.3, -0.25) is 0 Å². The molecule has 0 aliphatic rings. The van der Waals surface area contributed by atoms with E-state index in [1.165, 1.54) is 24.3 Å². The molecule has 4 nitrogen and oxygen atoms in total. The summed E-state index contributed by atoms with van der Waals surface area (Å²) in [5.41, 5.74) is 0. The summed E-state index contributed by atoms with van der Waals surface area (Å²) in [6, 6.07) is 5.94. The minimum Gasteiger partial charge on any atom is -0.362 e. The third kappa shape index (κ3) is 3.53. The van der Waals surface area contributed by atoms with E-state index >= 15 is 0 Å². The van der Waals surface area contributed by atoms with Crippen molar-refractivity contribution in [2.75, 3.05) is 6.61 Å². The zero-order valence-electron chi connectivity index (χ0n) is 7.44. The largest absolute Gasteiger partial charge is 0.449 e. The summed E-state index contributed by atoms with van der Waals surface area (Å²) in [5.74, 6) is 0.169. The van der Waals surface area contributed by atoms with Crippen molar-refractivity contribution in [3.8, 4) is 5.75 Å². The quantitative estimate of drug-likeness (QED) is 0.802. The molecule has 14 heavy (non-hydrogen) atoms. The van der Waals surface area contributed by atoms with Gasteiger partial charge in [0.05, 0.1) is 6.61 Å². The van der Waals surface area contributed by atoms with Gasteiger partial charge in [0.1, 0.15) is 5.75 Å². The number of rotatable bonds is 4. The highest BCUT2D eigenvalue weighted by atomic mass is 35.5. The summed E-state index contributed by atoms with van der Waals surface area (Å²) in [7, 11) is -3.94. The number of hydrogen-bond acceptors (Lipinski definition) is 4. The summed E-state index contributed by atoms with van der Waals surface area (Å²) in [6.07, 6.45) is 0. The molecule has 0 fully saturated rings. The van der Waals surface area contributed by atoms with E-state index in [0.29, 0.717) is 5.02 Å². The van der Waals surface area contributed by atoms with Gasteiger partial charge in [-0.15, -0.1) is 0 Å². The third-order valence-corrected chi connectivity index (χ3v) is 2.45. The molecule has 1 rings (SSSR count). The van der Waals surface area contributed by atoms with Crippen molar-refractivity contribution < 1.29 is 16.8 Å². The Balaban J connectivity index is 2.74. The lowest BCUT2D eigenvalue weighted by Crippen LogP contribution is -2.12. The standard InChI is InChI=1S/C8H9ClO4S/c1-2-12-14(10,11)13-8-5-3-7(9)4-6-8/h3-6H,2H2,1H3. The zero-order valence-corrected chi connectivity index (χ0v) is 9.01. The molecule has 0 aromatic heterocycles. The van der Waals surface area contributed by atoms with Gasteiger partial charge in [-0.2, -0.15) is 8.42 Å². The van der Waals surface area contributed by atoms with Crippen molar-refractivity contribution in [2.45, 2.75) is 6.92 Å². The molecule has 0 saturated heterocycles. The van der Waals surface area contributed by atoms with Crippen LogP contribution in [0.25, 0.3) is 0 Å². The average Bonchev–Trinajstić information content (AvgIpc) is 2.08. The molecule has 0 aliphatic carbocycles. The lowest BCUT2D eigenvalue weighted by molar-refractivity contribution is 0.288. The number of hydrogen-bond donors (Lipinski definition) is 0. The van der Waals surface area contributed by atoms with Crippen LogP contribution in [0.2, 0.25) is 5.02 Å². The summed E-state index contributed by atoms with van der Waals surface area (Å²) >= 11 is 5.61. The highest BCUT2D eigenvalue weighted by Crippen LogP contribution is 2.17. The second-order valence-electron chi connectivity index (χ2n) is 2.35. The van der Waals surface area contributed by atoms with E-state index in [-0.39, 0.29) is 12.4 Å². The summed E-state index contributed by atoms with van der Waals surface area (Å²) in [4.78, 5) is 0. The Bertz CT molecular complexity index is 384. The summed E-state index contributed by atoms with van der Waals surface area (Å²) in [5, 5.41) is 0.506. The van der Waals surface area contributed by atoms with Gasteiger partial charge in [0.15, 0.2) is 0 Å². The molecule has 0 N–H and O–H groups in total. The van der Waals surface area contributed by atoms with Crippen molar-refractivity contribution in [3.05, 3.63) is 29.3 Å². The van der Waals surface area contributed by atoms with Crippen LogP contribution < -0.4 is 4.18 Å². The van der Waals surface area contributed by atoms with Crippen LogP contribution >= 0.6 is 11.6 Å². The fraction of sp³-hybridized carbons (Fsp3) is 0.250. The van der Waals surface area contributed by atoms with Crippen LogP contribution in [0.15, 0.2) is 24.3 Å². The topological polar surface area (TPSA) is 52.6 Å². The fourth-order valence-corrected chi connectivity index (χ4v) is 1.59. The van der Waals surface area contributed by atoms with Crippen molar-refractivity contribution in [1.82, 2.24) is 0 Å². The molecule has 0 atom stereocenters. The van der Waals surface area contributed by atoms with Crippen LogP contribution in [0.5, 0.6) is 5.75 Å². The fourth-order valence-electron chi connectivity index (χ4n) is 0.776. The second kappa shape index (κ2) is 4.63.